The van der Waals surface area contributed by atoms with Crippen molar-refractivity contribution < 1.29 is 26.3 Å². The molecular weight excluding hydrogens is 577 g/mol. The molecule has 0 bridgehead atoms. The van der Waals surface area contributed by atoms with Crippen LogP contribution in [-0.2, 0) is 18.8 Å². The predicted molar refractivity (Wildman–Crippen MR) is 138 cm³/mol. The van der Waals surface area contributed by atoms with E-state index in [0.717, 1.165) is 17.5 Å². The van der Waals surface area contributed by atoms with E-state index in [9.17, 15) is 26.3 Å². The van der Waals surface area contributed by atoms with Gasteiger partial charge in [0.25, 0.3) is 0 Å². The topological polar surface area (TPSA) is 24.1 Å². The molecule has 0 fully saturated rings. The van der Waals surface area contributed by atoms with Crippen LogP contribution in [-0.4, -0.2) is 20.1 Å². The van der Waals surface area contributed by atoms with Crippen molar-refractivity contribution in [2.45, 2.75) is 50.4 Å². The van der Waals surface area contributed by atoms with E-state index in [0.29, 0.717) is 12.1 Å². The van der Waals surface area contributed by atoms with E-state index >= 15 is 0 Å². The summed E-state index contributed by atoms with van der Waals surface area (Å²) in [4.78, 5) is 0.150. The summed E-state index contributed by atoms with van der Waals surface area (Å²) < 4.78 is 80.9. The Balaban J connectivity index is 1.61. The number of benzene rings is 3. The Labute approximate surface area is 223 Å². The Hall–Kier alpha value is -2.55. The molecule has 2 nitrogen and oxygen atoms in total. The van der Waals surface area contributed by atoms with Gasteiger partial charge in [0.05, 0.1) is 0 Å². The van der Waals surface area contributed by atoms with Gasteiger partial charge in [-0.15, -0.1) is 0 Å². The van der Waals surface area contributed by atoms with Crippen molar-refractivity contribution in [2.75, 3.05) is 5.32 Å². The number of alkyl halides is 6. The fraction of sp³-hybridized carbons (Fsp3) is 0.296. The summed E-state index contributed by atoms with van der Waals surface area (Å²) in [7, 11) is 0. The Morgan fingerprint density at radius 2 is 1.43 bits per heavy atom. The third-order valence-corrected chi connectivity index (χ3v) is 9.81. The molecule has 0 saturated heterocycles. The molecule has 0 amide bonds. The van der Waals surface area contributed by atoms with Crippen molar-refractivity contribution in [3.8, 4) is 0 Å². The average molecular weight is 602 g/mol. The van der Waals surface area contributed by atoms with E-state index in [-0.39, 0.29) is 42.7 Å². The van der Waals surface area contributed by atoms with Crippen molar-refractivity contribution in [3.05, 3.63) is 93.5 Å². The van der Waals surface area contributed by atoms with Crippen LogP contribution in [0.25, 0.3) is 0 Å². The molecule has 0 unspecified atom stereocenters. The van der Waals surface area contributed by atoms with Crippen LogP contribution in [0.1, 0.15) is 45.0 Å². The zero-order chi connectivity index (χ0) is 27.1. The monoisotopic (exact) mass is 602 g/mol. The Morgan fingerprint density at radius 3 is 2.00 bits per heavy atom. The number of nitrogens with one attached hydrogen (secondary N) is 2. The van der Waals surface area contributed by atoms with Gasteiger partial charge < -0.3 is 0 Å². The maximum absolute atomic E-state index is 13.3. The van der Waals surface area contributed by atoms with Crippen molar-refractivity contribution in [3.63, 3.8) is 0 Å². The molecule has 2 atom stereocenters. The van der Waals surface area contributed by atoms with Crippen LogP contribution in [0.15, 0.2) is 54.6 Å². The molecule has 37 heavy (non-hydrogen) atoms. The number of hydrogen-bond donors (Lipinski definition) is 2. The summed E-state index contributed by atoms with van der Waals surface area (Å²) in [5.41, 5.74) is 2.60. The molecule has 1 aliphatic rings. The first-order chi connectivity index (χ1) is 17.2. The molecule has 4 rings (SSSR count). The summed E-state index contributed by atoms with van der Waals surface area (Å²) in [5, 5.41) is 5.73. The molecule has 0 aromatic heterocycles. The first-order valence-corrected chi connectivity index (χ1v) is 13.7. The molecule has 0 heterocycles. The first kappa shape index (κ1) is 27.5. The van der Waals surface area contributed by atoms with Crippen molar-refractivity contribution >= 4 is 42.4 Å². The number of hydrogen-bond acceptors (Lipinski definition) is 1. The molecule has 1 aliphatic carbocycles. The normalized spacial score (nSPS) is 17.4. The summed E-state index contributed by atoms with van der Waals surface area (Å²) >= 11 is 5.42. The van der Waals surface area contributed by atoms with Gasteiger partial charge in [0.15, 0.2) is 0 Å². The zero-order valence-corrected chi connectivity index (χ0v) is 22.7. The fourth-order valence-electron chi connectivity index (χ4n) is 4.68. The van der Waals surface area contributed by atoms with Crippen LogP contribution >= 0.6 is 12.2 Å². The summed E-state index contributed by atoms with van der Waals surface area (Å²) in [5.74, 6) is 0. The molecule has 10 heteroatoms. The number of fused-ring (bicyclic) bond motifs is 1. The van der Waals surface area contributed by atoms with Crippen LogP contribution in [0.4, 0.5) is 32.0 Å². The number of rotatable bonds is 4. The van der Waals surface area contributed by atoms with Crippen LogP contribution < -0.4 is 15.1 Å². The number of halogens is 6. The van der Waals surface area contributed by atoms with Crippen LogP contribution in [0, 0.1) is 20.8 Å². The number of thiocarbonyl (C=S) groups is 1. The molecule has 0 spiro atoms. The first-order valence-electron chi connectivity index (χ1n) is 11.4. The van der Waals surface area contributed by atoms with E-state index in [2.05, 4.69) is 43.5 Å². The van der Waals surface area contributed by atoms with Gasteiger partial charge in [-0.3, -0.25) is 0 Å². The van der Waals surface area contributed by atoms with Gasteiger partial charge in [-0.25, -0.2) is 0 Å². The van der Waals surface area contributed by atoms with Gasteiger partial charge in [0, 0.05) is 0 Å². The molecule has 0 radical (unpaired) electrons. The number of anilines is 1. The van der Waals surface area contributed by atoms with Crippen LogP contribution in [0.5, 0.6) is 0 Å². The number of aryl methyl sites for hydroxylation is 3. The predicted octanol–water partition coefficient (Wildman–Crippen LogP) is 7.05. The van der Waals surface area contributed by atoms with Crippen molar-refractivity contribution in [2.24, 2.45) is 0 Å². The SMILES string of the molecule is Cc1cc(C)c([Se][C@H]2Cc3ccccc3[C@@H]2NC(=S)Nc2cc(C(F)(F)F)cc(C(F)(F)F)c2)c(C)c1. The molecule has 0 aliphatic heterocycles. The van der Waals surface area contributed by atoms with Gasteiger partial charge in [0.2, 0.25) is 0 Å². The van der Waals surface area contributed by atoms with E-state index in [1.165, 1.54) is 21.2 Å². The summed E-state index contributed by atoms with van der Waals surface area (Å²) in [6.07, 6.45) is -9.08. The molecule has 3 aromatic rings. The summed E-state index contributed by atoms with van der Waals surface area (Å²) in [6.45, 7) is 6.22. The maximum atomic E-state index is 13.3. The van der Waals surface area contributed by atoms with Crippen LogP contribution in [0.2, 0.25) is 4.82 Å². The van der Waals surface area contributed by atoms with E-state index in [1.54, 1.807) is 0 Å². The molecular formula is C27H24F6N2SSe. The summed E-state index contributed by atoms with van der Waals surface area (Å²) in [6, 6.07) is 13.3. The van der Waals surface area contributed by atoms with Gasteiger partial charge in [-0.05, 0) is 0 Å². The van der Waals surface area contributed by atoms with E-state index in [4.69, 9.17) is 12.2 Å². The van der Waals surface area contributed by atoms with Crippen molar-refractivity contribution in [1.29, 1.82) is 0 Å². The second kappa shape index (κ2) is 10.3. The molecule has 2 N–H and O–H groups in total. The second-order valence-electron chi connectivity index (χ2n) is 9.16. The zero-order valence-electron chi connectivity index (χ0n) is 20.1. The third-order valence-electron chi connectivity index (χ3n) is 6.19. The van der Waals surface area contributed by atoms with Gasteiger partial charge in [-0.2, -0.15) is 0 Å². The minimum atomic E-state index is -4.94. The second-order valence-corrected chi connectivity index (χ2v) is 12.2. The Kier molecular flexibility index (Phi) is 7.66. The quantitative estimate of drug-likeness (QED) is 0.191. The molecule has 0 saturated carbocycles. The van der Waals surface area contributed by atoms with Gasteiger partial charge in [0.1, 0.15) is 0 Å². The standard InChI is InChI=1S/C27H24F6N2SSe/c1-14-8-15(2)24(16(3)9-14)37-22-10-17-6-4-5-7-21(17)23(22)35-25(36)34-20-12-18(26(28,29)30)11-19(13-20)27(31,32)33/h4-9,11-13,22-23H,10H2,1-3H3,(H2,34,35,36)/t22-,23-/m0/s1. The molecule has 196 valence electrons. The van der Waals surface area contributed by atoms with E-state index < -0.39 is 23.5 Å². The van der Waals surface area contributed by atoms with Crippen LogP contribution in [0.3, 0.4) is 0 Å². The fourth-order valence-corrected chi connectivity index (χ4v) is 7.87. The third kappa shape index (κ3) is 6.30. The minimum absolute atomic E-state index is 0.0349. The van der Waals surface area contributed by atoms with Crippen molar-refractivity contribution in [1.82, 2.24) is 5.32 Å². The average Bonchev–Trinajstić information content (AvgIpc) is 3.11. The Morgan fingerprint density at radius 1 is 0.865 bits per heavy atom. The Bertz CT molecular complexity index is 1280. The van der Waals surface area contributed by atoms with E-state index in [1.807, 2.05) is 24.3 Å². The van der Waals surface area contributed by atoms with Gasteiger partial charge >= 0.3 is 223 Å². The van der Waals surface area contributed by atoms with Gasteiger partial charge in [-0.1, -0.05) is 0 Å². The molecule has 3 aromatic carbocycles.